The molecule has 1 aliphatic heterocycles. The molecule has 1 amide bonds. The summed E-state index contributed by atoms with van der Waals surface area (Å²) < 4.78 is 0. The third-order valence-corrected chi connectivity index (χ3v) is 4.35. The van der Waals surface area contributed by atoms with Gasteiger partial charge in [-0.1, -0.05) is 18.2 Å². The molecule has 98 valence electrons. The molecule has 1 aromatic carbocycles. The third-order valence-electron chi connectivity index (χ3n) is 3.42. The lowest BCUT2D eigenvalue weighted by molar-refractivity contribution is -0.122. The Balaban J connectivity index is 1.68. The minimum Gasteiger partial charge on any atom is -0.384 e. The number of thiazole rings is 1. The predicted molar refractivity (Wildman–Crippen MR) is 76.4 cm³/mol. The summed E-state index contributed by atoms with van der Waals surface area (Å²) >= 11 is 1.58. The van der Waals surface area contributed by atoms with Crippen molar-refractivity contribution in [2.75, 3.05) is 11.9 Å². The molecule has 1 aliphatic rings. The molecular weight excluding hydrogens is 258 g/mol. The van der Waals surface area contributed by atoms with Crippen molar-refractivity contribution in [3.05, 3.63) is 45.9 Å². The van der Waals surface area contributed by atoms with Crippen molar-refractivity contribution in [1.29, 1.82) is 0 Å². The molecular formula is C14H15N3OS. The topological polar surface area (TPSA) is 54.0 Å². The average Bonchev–Trinajstić information content (AvgIpc) is 3.02. The van der Waals surface area contributed by atoms with Gasteiger partial charge >= 0.3 is 0 Å². The maximum atomic E-state index is 12.2. The minimum absolute atomic E-state index is 0.0743. The number of para-hydroxylation sites is 1. The zero-order valence-electron chi connectivity index (χ0n) is 10.6. The molecule has 2 aromatic rings. The Morgan fingerprint density at radius 3 is 3.16 bits per heavy atom. The van der Waals surface area contributed by atoms with E-state index >= 15 is 0 Å². The molecule has 0 aliphatic carbocycles. The Morgan fingerprint density at radius 2 is 2.37 bits per heavy atom. The van der Waals surface area contributed by atoms with Gasteiger partial charge in [0.2, 0.25) is 5.91 Å². The number of carbonyl (C=O) groups is 1. The van der Waals surface area contributed by atoms with Crippen molar-refractivity contribution >= 4 is 22.9 Å². The zero-order chi connectivity index (χ0) is 13.2. The average molecular weight is 273 g/mol. The summed E-state index contributed by atoms with van der Waals surface area (Å²) in [6, 6.07) is 7.97. The SMILES string of the molecule is Cc1ncsc1CNC(=O)C1CNc2ccccc21. The maximum absolute atomic E-state index is 12.2. The van der Waals surface area contributed by atoms with E-state index in [0.717, 1.165) is 21.8 Å². The van der Waals surface area contributed by atoms with Crippen molar-refractivity contribution < 1.29 is 4.79 Å². The number of anilines is 1. The summed E-state index contributed by atoms with van der Waals surface area (Å²) in [4.78, 5) is 17.5. The fraction of sp³-hybridized carbons (Fsp3) is 0.286. The molecule has 1 atom stereocenters. The normalized spacial score (nSPS) is 16.8. The number of benzene rings is 1. The Kier molecular flexibility index (Phi) is 3.21. The van der Waals surface area contributed by atoms with E-state index < -0.39 is 0 Å². The van der Waals surface area contributed by atoms with Crippen molar-refractivity contribution in [2.24, 2.45) is 0 Å². The van der Waals surface area contributed by atoms with Crippen LogP contribution in [0.3, 0.4) is 0 Å². The van der Waals surface area contributed by atoms with Crippen LogP contribution in [0.15, 0.2) is 29.8 Å². The summed E-state index contributed by atoms with van der Waals surface area (Å²) in [5, 5.41) is 6.27. The predicted octanol–water partition coefficient (Wildman–Crippen LogP) is 2.28. The Morgan fingerprint density at radius 1 is 1.53 bits per heavy atom. The highest BCUT2D eigenvalue weighted by molar-refractivity contribution is 7.09. The molecule has 0 radical (unpaired) electrons. The highest BCUT2D eigenvalue weighted by Crippen LogP contribution is 2.31. The fourth-order valence-electron chi connectivity index (χ4n) is 2.30. The van der Waals surface area contributed by atoms with Crippen LogP contribution < -0.4 is 10.6 Å². The number of fused-ring (bicyclic) bond motifs is 1. The Bertz CT molecular complexity index is 608. The molecule has 1 aromatic heterocycles. The molecule has 0 saturated carbocycles. The van der Waals surface area contributed by atoms with Crippen LogP contribution in [0, 0.1) is 6.92 Å². The molecule has 4 nitrogen and oxygen atoms in total. The molecule has 0 fully saturated rings. The van der Waals surface area contributed by atoms with Gasteiger partial charge in [0, 0.05) is 17.1 Å². The van der Waals surface area contributed by atoms with E-state index in [1.165, 1.54) is 0 Å². The first kappa shape index (κ1) is 12.2. The van der Waals surface area contributed by atoms with Crippen LogP contribution in [0.2, 0.25) is 0 Å². The van der Waals surface area contributed by atoms with E-state index in [4.69, 9.17) is 0 Å². The number of nitrogens with one attached hydrogen (secondary N) is 2. The van der Waals surface area contributed by atoms with Gasteiger partial charge in [-0.15, -0.1) is 11.3 Å². The second-order valence-electron chi connectivity index (χ2n) is 4.60. The fourth-order valence-corrected chi connectivity index (χ4v) is 3.02. The monoisotopic (exact) mass is 273 g/mol. The molecule has 3 rings (SSSR count). The van der Waals surface area contributed by atoms with Crippen molar-refractivity contribution in [3.63, 3.8) is 0 Å². The lowest BCUT2D eigenvalue weighted by Gasteiger charge is -2.10. The van der Waals surface area contributed by atoms with Crippen molar-refractivity contribution in [2.45, 2.75) is 19.4 Å². The summed E-state index contributed by atoms with van der Waals surface area (Å²) in [5.74, 6) is -0.0188. The first-order valence-electron chi connectivity index (χ1n) is 6.25. The third kappa shape index (κ3) is 2.33. The molecule has 2 heterocycles. The van der Waals surface area contributed by atoms with Gasteiger partial charge in [-0.3, -0.25) is 4.79 Å². The first-order valence-corrected chi connectivity index (χ1v) is 7.13. The summed E-state index contributed by atoms with van der Waals surface area (Å²) in [7, 11) is 0. The minimum atomic E-state index is -0.0931. The lowest BCUT2D eigenvalue weighted by atomic mass is 10.0. The molecule has 0 bridgehead atoms. The van der Waals surface area contributed by atoms with Gasteiger partial charge in [-0.25, -0.2) is 4.98 Å². The van der Waals surface area contributed by atoms with Crippen LogP contribution in [0.25, 0.3) is 0 Å². The molecule has 2 N–H and O–H groups in total. The van der Waals surface area contributed by atoms with Gasteiger partial charge in [0.25, 0.3) is 0 Å². The number of amides is 1. The van der Waals surface area contributed by atoms with E-state index in [2.05, 4.69) is 15.6 Å². The van der Waals surface area contributed by atoms with E-state index in [1.807, 2.05) is 36.7 Å². The Hall–Kier alpha value is -1.88. The number of carbonyl (C=O) groups excluding carboxylic acids is 1. The van der Waals surface area contributed by atoms with Gasteiger partial charge in [0.1, 0.15) is 0 Å². The van der Waals surface area contributed by atoms with E-state index in [-0.39, 0.29) is 11.8 Å². The summed E-state index contributed by atoms with van der Waals surface area (Å²) in [6.45, 7) is 3.20. The number of hydrogen-bond donors (Lipinski definition) is 2. The Labute approximate surface area is 115 Å². The maximum Gasteiger partial charge on any atom is 0.229 e. The number of hydrogen-bond acceptors (Lipinski definition) is 4. The second-order valence-corrected chi connectivity index (χ2v) is 5.54. The quantitative estimate of drug-likeness (QED) is 0.902. The van der Waals surface area contributed by atoms with E-state index in [1.54, 1.807) is 11.3 Å². The number of aromatic nitrogens is 1. The van der Waals surface area contributed by atoms with E-state index in [0.29, 0.717) is 13.1 Å². The van der Waals surface area contributed by atoms with Crippen LogP contribution in [0.1, 0.15) is 22.1 Å². The molecule has 5 heteroatoms. The van der Waals surface area contributed by atoms with Gasteiger partial charge in [0.05, 0.1) is 23.7 Å². The standard InChI is InChI=1S/C14H15N3OS/c1-9-13(19-8-17-9)7-16-14(18)11-6-15-12-5-3-2-4-10(11)12/h2-5,8,11,15H,6-7H2,1H3,(H,16,18). The van der Waals surface area contributed by atoms with Crippen LogP contribution in [0.5, 0.6) is 0 Å². The number of nitrogens with zero attached hydrogens (tertiary/aromatic N) is 1. The molecule has 1 unspecified atom stereocenters. The molecule has 0 saturated heterocycles. The summed E-state index contributed by atoms with van der Waals surface area (Å²) in [5.41, 5.74) is 4.95. The molecule has 0 spiro atoms. The highest BCUT2D eigenvalue weighted by atomic mass is 32.1. The lowest BCUT2D eigenvalue weighted by Crippen LogP contribution is -2.29. The smallest absolute Gasteiger partial charge is 0.229 e. The van der Waals surface area contributed by atoms with Gasteiger partial charge in [-0.2, -0.15) is 0 Å². The molecule has 19 heavy (non-hydrogen) atoms. The van der Waals surface area contributed by atoms with Crippen LogP contribution in [-0.2, 0) is 11.3 Å². The number of rotatable bonds is 3. The van der Waals surface area contributed by atoms with Gasteiger partial charge in [-0.05, 0) is 18.6 Å². The van der Waals surface area contributed by atoms with Crippen molar-refractivity contribution in [1.82, 2.24) is 10.3 Å². The second kappa shape index (κ2) is 5.01. The van der Waals surface area contributed by atoms with Gasteiger partial charge < -0.3 is 10.6 Å². The first-order chi connectivity index (χ1) is 9.25. The van der Waals surface area contributed by atoms with Crippen LogP contribution in [0.4, 0.5) is 5.69 Å². The largest absolute Gasteiger partial charge is 0.384 e. The number of aryl methyl sites for hydroxylation is 1. The van der Waals surface area contributed by atoms with Crippen molar-refractivity contribution in [3.8, 4) is 0 Å². The van der Waals surface area contributed by atoms with E-state index in [9.17, 15) is 4.79 Å². The van der Waals surface area contributed by atoms with Gasteiger partial charge in [0.15, 0.2) is 0 Å². The highest BCUT2D eigenvalue weighted by Gasteiger charge is 2.27. The van der Waals surface area contributed by atoms with Crippen LogP contribution in [-0.4, -0.2) is 17.4 Å². The zero-order valence-corrected chi connectivity index (χ0v) is 11.5. The van der Waals surface area contributed by atoms with Crippen LogP contribution >= 0.6 is 11.3 Å². The summed E-state index contributed by atoms with van der Waals surface area (Å²) in [6.07, 6.45) is 0.